The molecule has 2 aromatic carbocycles. The third-order valence-electron chi connectivity index (χ3n) is 5.85. The van der Waals surface area contributed by atoms with Gasteiger partial charge in [0, 0.05) is 62.0 Å². The molecular formula is C25H28N4O4S2. The molecule has 1 fully saturated rings. The monoisotopic (exact) mass is 512 g/mol. The smallest absolute Gasteiger partial charge is 0.253 e. The minimum Gasteiger partial charge on any atom is -0.378 e. The Hall–Kier alpha value is -3.21. The third kappa shape index (κ3) is 5.72. The molecule has 3 aromatic rings. The fourth-order valence-electron chi connectivity index (χ4n) is 3.79. The summed E-state index contributed by atoms with van der Waals surface area (Å²) in [6.07, 6.45) is 0. The van der Waals surface area contributed by atoms with Gasteiger partial charge in [-0.25, -0.2) is 8.42 Å². The number of sulfonamides is 1. The van der Waals surface area contributed by atoms with E-state index in [1.54, 1.807) is 53.4 Å². The van der Waals surface area contributed by atoms with Crippen LogP contribution in [0.3, 0.4) is 0 Å². The van der Waals surface area contributed by atoms with Crippen LogP contribution in [0.2, 0.25) is 0 Å². The van der Waals surface area contributed by atoms with Crippen molar-refractivity contribution in [3.63, 3.8) is 0 Å². The van der Waals surface area contributed by atoms with Gasteiger partial charge in [0.15, 0.2) is 0 Å². The predicted octanol–water partition coefficient (Wildman–Crippen LogP) is 2.89. The van der Waals surface area contributed by atoms with Crippen LogP contribution >= 0.6 is 11.3 Å². The molecule has 2 heterocycles. The van der Waals surface area contributed by atoms with Crippen LogP contribution in [-0.2, 0) is 16.6 Å². The van der Waals surface area contributed by atoms with E-state index in [0.29, 0.717) is 24.2 Å². The normalized spacial score (nSPS) is 14.5. The molecule has 184 valence electrons. The van der Waals surface area contributed by atoms with E-state index >= 15 is 0 Å². The molecule has 10 heteroatoms. The van der Waals surface area contributed by atoms with Crippen LogP contribution in [0.5, 0.6) is 0 Å². The highest BCUT2D eigenvalue weighted by Gasteiger charge is 2.31. The van der Waals surface area contributed by atoms with Gasteiger partial charge in [0.2, 0.25) is 0 Å². The average Bonchev–Trinajstić information content (AvgIpc) is 3.37. The first kappa shape index (κ1) is 24.9. The number of benzene rings is 2. The van der Waals surface area contributed by atoms with Gasteiger partial charge in [-0.15, -0.1) is 11.3 Å². The van der Waals surface area contributed by atoms with Crippen LogP contribution in [0.25, 0.3) is 0 Å². The van der Waals surface area contributed by atoms with Gasteiger partial charge in [-0.1, -0.05) is 18.2 Å². The highest BCUT2D eigenvalue weighted by molar-refractivity contribution is 7.91. The van der Waals surface area contributed by atoms with Gasteiger partial charge in [-0.2, -0.15) is 4.31 Å². The van der Waals surface area contributed by atoms with Crippen molar-refractivity contribution in [1.29, 1.82) is 0 Å². The largest absolute Gasteiger partial charge is 0.378 e. The Morgan fingerprint density at radius 2 is 1.54 bits per heavy atom. The summed E-state index contributed by atoms with van der Waals surface area (Å²) in [6.45, 7) is 1.39. The Labute approximate surface area is 209 Å². The maximum Gasteiger partial charge on any atom is 0.253 e. The zero-order valence-corrected chi connectivity index (χ0v) is 21.3. The second-order valence-corrected chi connectivity index (χ2v) is 11.7. The number of piperazine rings is 1. The second-order valence-electron chi connectivity index (χ2n) is 8.41. The van der Waals surface area contributed by atoms with Crippen molar-refractivity contribution in [3.8, 4) is 0 Å². The Balaban J connectivity index is 1.33. The van der Waals surface area contributed by atoms with Crippen molar-refractivity contribution in [3.05, 3.63) is 82.7 Å². The number of amides is 2. The number of carbonyl (C=O) groups excluding carboxylic acids is 2. The standard InChI is InChI=1S/C25H28N4O4S2/c1-27(2)21-10-8-20(9-11-21)25(31)28-14-16-29(17-15-28)35(32,33)23-13-12-22(34-23)18-26-24(30)19-6-4-3-5-7-19/h3-13H,14-18H2,1-2H3,(H,26,30). The molecule has 0 unspecified atom stereocenters. The first-order valence-electron chi connectivity index (χ1n) is 11.2. The average molecular weight is 513 g/mol. The molecule has 0 radical (unpaired) electrons. The molecule has 1 aliphatic rings. The zero-order chi connectivity index (χ0) is 25.0. The SMILES string of the molecule is CN(C)c1ccc(C(=O)N2CCN(S(=O)(=O)c3ccc(CNC(=O)c4ccccc4)s3)CC2)cc1. The number of anilines is 1. The van der Waals surface area contributed by atoms with Crippen LogP contribution < -0.4 is 10.2 Å². The number of nitrogens with one attached hydrogen (secondary N) is 1. The molecule has 1 aromatic heterocycles. The molecule has 0 aliphatic carbocycles. The first-order valence-corrected chi connectivity index (χ1v) is 13.5. The first-order chi connectivity index (χ1) is 16.8. The lowest BCUT2D eigenvalue weighted by atomic mass is 10.1. The van der Waals surface area contributed by atoms with Crippen molar-refractivity contribution >= 4 is 38.9 Å². The van der Waals surface area contributed by atoms with Gasteiger partial charge in [0.1, 0.15) is 4.21 Å². The molecule has 0 bridgehead atoms. The maximum absolute atomic E-state index is 13.1. The minimum atomic E-state index is -3.67. The molecule has 35 heavy (non-hydrogen) atoms. The topological polar surface area (TPSA) is 90.0 Å². The quantitative estimate of drug-likeness (QED) is 0.526. The fraction of sp³-hybridized carbons (Fsp3) is 0.280. The van der Waals surface area contributed by atoms with Crippen molar-refractivity contribution < 1.29 is 18.0 Å². The Morgan fingerprint density at radius 1 is 0.886 bits per heavy atom. The van der Waals surface area contributed by atoms with Crippen LogP contribution in [0.15, 0.2) is 70.9 Å². The summed E-state index contributed by atoms with van der Waals surface area (Å²) < 4.78 is 28.0. The lowest BCUT2D eigenvalue weighted by Crippen LogP contribution is -2.50. The summed E-state index contributed by atoms with van der Waals surface area (Å²) in [5.74, 6) is -0.305. The molecule has 1 saturated heterocycles. The summed E-state index contributed by atoms with van der Waals surface area (Å²) in [5.41, 5.74) is 2.15. The molecule has 4 rings (SSSR count). The highest BCUT2D eigenvalue weighted by atomic mass is 32.2. The Morgan fingerprint density at radius 3 is 2.17 bits per heavy atom. The van der Waals surface area contributed by atoms with E-state index in [4.69, 9.17) is 0 Å². The number of nitrogens with zero attached hydrogens (tertiary/aromatic N) is 3. The molecule has 8 nitrogen and oxygen atoms in total. The third-order valence-corrected chi connectivity index (χ3v) is 9.30. The van der Waals surface area contributed by atoms with E-state index in [0.717, 1.165) is 21.9 Å². The lowest BCUT2D eigenvalue weighted by Gasteiger charge is -2.33. The van der Waals surface area contributed by atoms with Gasteiger partial charge >= 0.3 is 0 Å². The van der Waals surface area contributed by atoms with Gasteiger partial charge in [-0.3, -0.25) is 9.59 Å². The fourth-order valence-corrected chi connectivity index (χ4v) is 6.67. The van der Waals surface area contributed by atoms with E-state index < -0.39 is 10.0 Å². The molecule has 0 saturated carbocycles. The Bertz CT molecular complexity index is 1280. The molecule has 2 amide bonds. The summed E-state index contributed by atoms with van der Waals surface area (Å²) >= 11 is 1.15. The van der Waals surface area contributed by atoms with Gasteiger partial charge < -0.3 is 15.1 Å². The summed E-state index contributed by atoms with van der Waals surface area (Å²) in [5, 5.41) is 2.82. The van der Waals surface area contributed by atoms with Crippen LogP contribution in [0.1, 0.15) is 25.6 Å². The van der Waals surface area contributed by atoms with Crippen molar-refractivity contribution in [1.82, 2.24) is 14.5 Å². The molecule has 1 aliphatic heterocycles. The van der Waals surface area contributed by atoms with Gasteiger partial charge in [0.05, 0.1) is 6.54 Å². The second kappa shape index (κ2) is 10.6. The molecule has 0 spiro atoms. The Kier molecular flexibility index (Phi) is 7.54. The van der Waals surface area contributed by atoms with Crippen LogP contribution in [0.4, 0.5) is 5.69 Å². The summed E-state index contributed by atoms with van der Waals surface area (Å²) in [6, 6.07) is 19.5. The van der Waals surface area contributed by atoms with E-state index in [1.165, 1.54) is 4.31 Å². The lowest BCUT2D eigenvalue weighted by molar-refractivity contribution is 0.0698. The van der Waals surface area contributed by atoms with Crippen LogP contribution in [-0.4, -0.2) is 69.7 Å². The van der Waals surface area contributed by atoms with Crippen molar-refractivity contribution in [2.45, 2.75) is 10.8 Å². The van der Waals surface area contributed by atoms with Gasteiger partial charge in [-0.05, 0) is 48.5 Å². The number of rotatable bonds is 7. The summed E-state index contributed by atoms with van der Waals surface area (Å²) in [7, 11) is 0.211. The maximum atomic E-state index is 13.1. The summed E-state index contributed by atoms with van der Waals surface area (Å²) in [4.78, 5) is 29.5. The predicted molar refractivity (Wildman–Crippen MR) is 137 cm³/mol. The van der Waals surface area contributed by atoms with E-state index in [2.05, 4.69) is 5.32 Å². The van der Waals surface area contributed by atoms with E-state index in [1.807, 2.05) is 37.2 Å². The van der Waals surface area contributed by atoms with Crippen LogP contribution in [0, 0.1) is 0 Å². The number of carbonyl (C=O) groups is 2. The molecular weight excluding hydrogens is 484 g/mol. The number of hydrogen-bond acceptors (Lipinski definition) is 6. The number of thiophene rings is 1. The van der Waals surface area contributed by atoms with Crippen molar-refractivity contribution in [2.75, 3.05) is 45.2 Å². The molecule has 0 atom stereocenters. The van der Waals surface area contributed by atoms with Gasteiger partial charge in [0.25, 0.3) is 21.8 Å². The van der Waals surface area contributed by atoms with E-state index in [-0.39, 0.29) is 35.7 Å². The molecule has 1 N–H and O–H groups in total. The minimum absolute atomic E-state index is 0.0973. The van der Waals surface area contributed by atoms with E-state index in [9.17, 15) is 18.0 Å². The van der Waals surface area contributed by atoms with Crippen molar-refractivity contribution in [2.24, 2.45) is 0 Å². The zero-order valence-electron chi connectivity index (χ0n) is 19.7. The number of hydrogen-bond donors (Lipinski definition) is 1. The highest BCUT2D eigenvalue weighted by Crippen LogP contribution is 2.26.